The van der Waals surface area contributed by atoms with Crippen molar-refractivity contribution in [3.63, 3.8) is 0 Å². The number of rotatable bonds is 4. The van der Waals surface area contributed by atoms with Gasteiger partial charge >= 0.3 is 5.97 Å². The van der Waals surface area contributed by atoms with E-state index in [0.29, 0.717) is 6.54 Å². The highest BCUT2D eigenvalue weighted by atomic mass is 16.5. The van der Waals surface area contributed by atoms with Crippen LogP contribution in [0.3, 0.4) is 0 Å². The molecule has 0 bridgehead atoms. The molecule has 0 amide bonds. The topological polar surface area (TPSA) is 50.8 Å². The summed E-state index contributed by atoms with van der Waals surface area (Å²) in [4.78, 5) is 12.9. The molecule has 0 spiro atoms. The fourth-order valence-electron chi connectivity index (χ4n) is 1.38. The predicted molar refractivity (Wildman–Crippen MR) is 56.4 cm³/mol. The third kappa shape index (κ3) is 4.80. The SMILES string of the molecule is COC(=O)/C=C/NCC1CN(C)CCO1. The van der Waals surface area contributed by atoms with Gasteiger partial charge in [-0.3, -0.25) is 0 Å². The van der Waals surface area contributed by atoms with E-state index in [2.05, 4.69) is 22.0 Å². The Bertz CT molecular complexity index is 231. The van der Waals surface area contributed by atoms with Crippen molar-refractivity contribution in [2.75, 3.05) is 40.4 Å². The van der Waals surface area contributed by atoms with Gasteiger partial charge in [0.1, 0.15) is 0 Å². The van der Waals surface area contributed by atoms with E-state index in [-0.39, 0.29) is 12.1 Å². The second kappa shape index (κ2) is 6.42. The molecule has 15 heavy (non-hydrogen) atoms. The second-order valence-corrected chi connectivity index (χ2v) is 3.52. The molecule has 1 unspecified atom stereocenters. The third-order valence-electron chi connectivity index (χ3n) is 2.23. The largest absolute Gasteiger partial charge is 0.466 e. The highest BCUT2D eigenvalue weighted by Gasteiger charge is 2.16. The lowest BCUT2D eigenvalue weighted by Crippen LogP contribution is -2.44. The summed E-state index contributed by atoms with van der Waals surface area (Å²) in [5.74, 6) is -0.357. The van der Waals surface area contributed by atoms with Crippen LogP contribution in [0.15, 0.2) is 12.3 Å². The Morgan fingerprint density at radius 1 is 1.73 bits per heavy atom. The third-order valence-corrected chi connectivity index (χ3v) is 2.23. The molecule has 1 aliphatic heterocycles. The molecule has 0 aromatic rings. The van der Waals surface area contributed by atoms with E-state index in [0.717, 1.165) is 19.7 Å². The van der Waals surface area contributed by atoms with Gasteiger partial charge in [0.15, 0.2) is 0 Å². The van der Waals surface area contributed by atoms with Gasteiger partial charge in [-0.25, -0.2) is 4.79 Å². The van der Waals surface area contributed by atoms with Crippen LogP contribution in [0.4, 0.5) is 0 Å². The minimum absolute atomic E-state index is 0.186. The fraction of sp³-hybridized carbons (Fsp3) is 0.700. The summed E-state index contributed by atoms with van der Waals surface area (Å²) < 4.78 is 9.98. The number of carbonyl (C=O) groups excluding carboxylic acids is 1. The first-order valence-electron chi connectivity index (χ1n) is 5.00. The molecule has 0 aromatic carbocycles. The molecule has 1 atom stereocenters. The zero-order valence-corrected chi connectivity index (χ0v) is 9.23. The van der Waals surface area contributed by atoms with Gasteiger partial charge in [0, 0.05) is 31.9 Å². The molecule has 0 radical (unpaired) electrons. The van der Waals surface area contributed by atoms with E-state index >= 15 is 0 Å². The quantitative estimate of drug-likeness (QED) is 0.509. The highest BCUT2D eigenvalue weighted by molar-refractivity contribution is 5.81. The first kappa shape index (κ1) is 12.0. The predicted octanol–water partition coefficient (Wildman–Crippen LogP) is -0.407. The van der Waals surface area contributed by atoms with Crippen LogP contribution in [0.5, 0.6) is 0 Å². The molecule has 1 fully saturated rings. The van der Waals surface area contributed by atoms with Gasteiger partial charge in [-0.1, -0.05) is 0 Å². The molecule has 1 N–H and O–H groups in total. The summed E-state index contributed by atoms with van der Waals surface area (Å²) in [6, 6.07) is 0. The van der Waals surface area contributed by atoms with Crippen molar-refractivity contribution in [3.05, 3.63) is 12.3 Å². The Labute approximate surface area is 90.0 Å². The Balaban J connectivity index is 2.14. The Kier molecular flexibility index (Phi) is 5.14. The second-order valence-electron chi connectivity index (χ2n) is 3.52. The Morgan fingerprint density at radius 2 is 2.53 bits per heavy atom. The van der Waals surface area contributed by atoms with E-state index in [1.54, 1.807) is 6.20 Å². The maximum Gasteiger partial charge on any atom is 0.331 e. The molecule has 1 rings (SSSR count). The normalized spacial score (nSPS) is 22.9. The van der Waals surface area contributed by atoms with Crippen LogP contribution in [-0.2, 0) is 14.3 Å². The molecule has 0 aromatic heterocycles. The van der Waals surface area contributed by atoms with Crippen LogP contribution in [0.1, 0.15) is 0 Å². The summed E-state index contributed by atoms with van der Waals surface area (Å²) in [5, 5.41) is 3.01. The molecule has 0 saturated carbocycles. The number of esters is 1. The van der Waals surface area contributed by atoms with Crippen LogP contribution >= 0.6 is 0 Å². The molecule has 5 nitrogen and oxygen atoms in total. The lowest BCUT2D eigenvalue weighted by atomic mass is 10.3. The first-order chi connectivity index (χ1) is 7.22. The number of morpholine rings is 1. The zero-order chi connectivity index (χ0) is 11.1. The monoisotopic (exact) mass is 214 g/mol. The summed E-state index contributed by atoms with van der Waals surface area (Å²) in [5.41, 5.74) is 0. The maximum atomic E-state index is 10.7. The van der Waals surface area contributed by atoms with E-state index in [9.17, 15) is 4.79 Å². The summed E-state index contributed by atoms with van der Waals surface area (Å²) in [6.45, 7) is 3.37. The van der Waals surface area contributed by atoms with E-state index in [4.69, 9.17) is 4.74 Å². The molecule has 1 saturated heterocycles. The number of ether oxygens (including phenoxy) is 2. The van der Waals surface area contributed by atoms with E-state index < -0.39 is 0 Å². The van der Waals surface area contributed by atoms with Gasteiger partial charge in [0.25, 0.3) is 0 Å². The molecule has 86 valence electrons. The number of likely N-dealkylation sites (N-methyl/N-ethyl adjacent to an activating group) is 1. The number of hydrogen-bond donors (Lipinski definition) is 1. The molecule has 1 heterocycles. The smallest absolute Gasteiger partial charge is 0.331 e. The Morgan fingerprint density at radius 3 is 3.20 bits per heavy atom. The van der Waals surface area contributed by atoms with Crippen molar-refractivity contribution in [1.82, 2.24) is 10.2 Å². The lowest BCUT2D eigenvalue weighted by Gasteiger charge is -2.29. The minimum atomic E-state index is -0.357. The van der Waals surface area contributed by atoms with Crippen molar-refractivity contribution >= 4 is 5.97 Å². The lowest BCUT2D eigenvalue weighted by molar-refractivity contribution is -0.134. The molecular formula is C10H18N2O3. The zero-order valence-electron chi connectivity index (χ0n) is 9.23. The maximum absolute atomic E-state index is 10.7. The Hall–Kier alpha value is -1.07. The van der Waals surface area contributed by atoms with Crippen LogP contribution in [-0.4, -0.2) is 57.4 Å². The first-order valence-corrected chi connectivity index (χ1v) is 5.00. The number of methoxy groups -OCH3 is 1. The van der Waals surface area contributed by atoms with Crippen molar-refractivity contribution < 1.29 is 14.3 Å². The molecule has 1 aliphatic rings. The summed E-state index contributed by atoms with van der Waals surface area (Å²) >= 11 is 0. The summed E-state index contributed by atoms with van der Waals surface area (Å²) in [7, 11) is 3.42. The van der Waals surface area contributed by atoms with Gasteiger partial charge in [-0.05, 0) is 7.05 Å². The fourth-order valence-corrected chi connectivity index (χ4v) is 1.38. The molecule has 0 aliphatic carbocycles. The highest BCUT2D eigenvalue weighted by Crippen LogP contribution is 2.01. The average molecular weight is 214 g/mol. The van der Waals surface area contributed by atoms with Crippen LogP contribution in [0, 0.1) is 0 Å². The molecular weight excluding hydrogens is 196 g/mol. The van der Waals surface area contributed by atoms with Gasteiger partial charge in [0.05, 0.1) is 19.8 Å². The van der Waals surface area contributed by atoms with Crippen LogP contribution in [0.2, 0.25) is 0 Å². The standard InChI is InChI=1S/C10H18N2O3/c1-12-5-6-15-9(8-12)7-11-4-3-10(13)14-2/h3-4,9,11H,5-8H2,1-2H3/b4-3+. The van der Waals surface area contributed by atoms with Crippen LogP contribution in [0.25, 0.3) is 0 Å². The van der Waals surface area contributed by atoms with Crippen molar-refractivity contribution in [2.24, 2.45) is 0 Å². The van der Waals surface area contributed by atoms with Crippen LogP contribution < -0.4 is 5.32 Å². The van der Waals surface area contributed by atoms with Gasteiger partial charge < -0.3 is 19.7 Å². The number of nitrogens with zero attached hydrogens (tertiary/aromatic N) is 1. The van der Waals surface area contributed by atoms with Gasteiger partial charge in [0.2, 0.25) is 0 Å². The van der Waals surface area contributed by atoms with Crippen molar-refractivity contribution in [3.8, 4) is 0 Å². The number of carbonyl (C=O) groups is 1. The van der Waals surface area contributed by atoms with Crippen molar-refractivity contribution in [2.45, 2.75) is 6.10 Å². The number of nitrogens with one attached hydrogen (secondary N) is 1. The average Bonchev–Trinajstić information content (AvgIpc) is 2.24. The van der Waals surface area contributed by atoms with E-state index in [1.165, 1.54) is 13.2 Å². The molecule has 5 heteroatoms. The van der Waals surface area contributed by atoms with Gasteiger partial charge in [-0.15, -0.1) is 0 Å². The summed E-state index contributed by atoms with van der Waals surface area (Å²) in [6.07, 6.45) is 3.13. The number of hydrogen-bond acceptors (Lipinski definition) is 5. The van der Waals surface area contributed by atoms with Gasteiger partial charge in [-0.2, -0.15) is 0 Å². The van der Waals surface area contributed by atoms with Crippen molar-refractivity contribution in [1.29, 1.82) is 0 Å². The van der Waals surface area contributed by atoms with E-state index in [1.807, 2.05) is 0 Å². The minimum Gasteiger partial charge on any atom is -0.466 e.